The molecule has 136 valence electrons. The predicted octanol–water partition coefficient (Wildman–Crippen LogP) is 4.41. The van der Waals surface area contributed by atoms with E-state index in [4.69, 9.17) is 0 Å². The monoisotopic (exact) mass is 422 g/mol. The van der Waals surface area contributed by atoms with Crippen molar-refractivity contribution in [3.63, 3.8) is 0 Å². The van der Waals surface area contributed by atoms with Gasteiger partial charge in [-0.05, 0) is 23.8 Å². The number of nitrogens with one attached hydrogen (secondary N) is 2. The van der Waals surface area contributed by atoms with Crippen LogP contribution in [-0.2, 0) is 11.3 Å². The fourth-order valence-electron chi connectivity index (χ4n) is 2.64. The summed E-state index contributed by atoms with van der Waals surface area (Å²) in [6.45, 7) is 0.557. The number of ketones is 1. The summed E-state index contributed by atoms with van der Waals surface area (Å²) >= 11 is 3.41. The van der Waals surface area contributed by atoms with E-state index < -0.39 is 0 Å². The topological polar surface area (TPSA) is 58.2 Å². The first-order valence-corrected chi connectivity index (χ1v) is 9.36. The molecular formula is C22H19BrN2O2. The van der Waals surface area contributed by atoms with Crippen LogP contribution in [0.2, 0.25) is 0 Å². The summed E-state index contributed by atoms with van der Waals surface area (Å²) in [6, 6.07) is 24.2. The molecule has 0 bridgehead atoms. The fourth-order valence-corrected chi connectivity index (χ4v) is 3.00. The lowest BCUT2D eigenvalue weighted by Crippen LogP contribution is -2.29. The third-order valence-electron chi connectivity index (χ3n) is 4.03. The number of anilines is 1. The molecule has 5 heteroatoms. The van der Waals surface area contributed by atoms with Crippen LogP contribution < -0.4 is 10.6 Å². The highest BCUT2D eigenvalue weighted by Crippen LogP contribution is 2.23. The standard InChI is InChI=1S/C22H19BrN2O2/c23-18-11-12-20(19(13-18)22(27)17-9-5-2-6-10-17)24-15-21(26)25-14-16-7-3-1-4-8-16/h1-13,24H,14-15H2,(H,25,26). The maximum absolute atomic E-state index is 12.8. The van der Waals surface area contributed by atoms with Crippen molar-refractivity contribution in [2.75, 3.05) is 11.9 Å². The number of carbonyl (C=O) groups excluding carboxylic acids is 2. The molecule has 0 atom stereocenters. The quantitative estimate of drug-likeness (QED) is 0.554. The number of halogens is 1. The summed E-state index contributed by atoms with van der Waals surface area (Å²) < 4.78 is 0.806. The van der Waals surface area contributed by atoms with Crippen molar-refractivity contribution < 1.29 is 9.59 Å². The Balaban J connectivity index is 1.66. The molecule has 1 amide bonds. The Morgan fingerprint density at radius 3 is 2.22 bits per heavy atom. The SMILES string of the molecule is O=C(CNc1ccc(Br)cc1C(=O)c1ccccc1)NCc1ccccc1. The van der Waals surface area contributed by atoms with Crippen molar-refractivity contribution in [1.29, 1.82) is 0 Å². The number of hydrogen-bond donors (Lipinski definition) is 2. The highest BCUT2D eigenvalue weighted by atomic mass is 79.9. The first kappa shape index (κ1) is 18.9. The van der Waals surface area contributed by atoms with Gasteiger partial charge in [0.2, 0.25) is 5.91 Å². The van der Waals surface area contributed by atoms with E-state index >= 15 is 0 Å². The van der Waals surface area contributed by atoms with Gasteiger partial charge in [0, 0.05) is 27.8 Å². The van der Waals surface area contributed by atoms with Gasteiger partial charge in [0.25, 0.3) is 0 Å². The Kier molecular flexibility index (Phi) is 6.39. The van der Waals surface area contributed by atoms with E-state index in [0.29, 0.717) is 23.4 Å². The molecule has 0 radical (unpaired) electrons. The van der Waals surface area contributed by atoms with Crippen molar-refractivity contribution in [2.45, 2.75) is 6.54 Å². The van der Waals surface area contributed by atoms with Crippen LogP contribution >= 0.6 is 15.9 Å². The number of amides is 1. The minimum atomic E-state index is -0.139. The summed E-state index contributed by atoms with van der Waals surface area (Å²) in [5, 5.41) is 5.94. The summed E-state index contributed by atoms with van der Waals surface area (Å²) in [4.78, 5) is 25.0. The molecule has 0 aliphatic carbocycles. The van der Waals surface area contributed by atoms with Crippen LogP contribution in [0, 0.1) is 0 Å². The molecule has 0 spiro atoms. The van der Waals surface area contributed by atoms with Crippen molar-refractivity contribution in [3.8, 4) is 0 Å². The normalized spacial score (nSPS) is 10.3. The molecule has 4 nitrogen and oxygen atoms in total. The van der Waals surface area contributed by atoms with Crippen LogP contribution in [0.25, 0.3) is 0 Å². The zero-order valence-electron chi connectivity index (χ0n) is 14.6. The van der Waals surface area contributed by atoms with Crippen LogP contribution in [0.15, 0.2) is 83.3 Å². The van der Waals surface area contributed by atoms with Crippen molar-refractivity contribution >= 4 is 33.3 Å². The molecule has 3 aromatic carbocycles. The maximum Gasteiger partial charge on any atom is 0.239 e. The second-order valence-electron chi connectivity index (χ2n) is 6.00. The van der Waals surface area contributed by atoms with E-state index in [1.807, 2.05) is 54.6 Å². The second kappa shape index (κ2) is 9.14. The molecule has 0 unspecified atom stereocenters. The first-order chi connectivity index (χ1) is 13.1. The van der Waals surface area contributed by atoms with E-state index in [0.717, 1.165) is 10.0 Å². The van der Waals surface area contributed by atoms with Gasteiger partial charge in [-0.3, -0.25) is 9.59 Å². The van der Waals surface area contributed by atoms with Gasteiger partial charge in [0.15, 0.2) is 5.78 Å². The predicted molar refractivity (Wildman–Crippen MR) is 111 cm³/mol. The first-order valence-electron chi connectivity index (χ1n) is 8.57. The van der Waals surface area contributed by atoms with E-state index in [1.165, 1.54) is 0 Å². The molecule has 0 saturated carbocycles. The van der Waals surface area contributed by atoms with Crippen LogP contribution in [0.1, 0.15) is 21.5 Å². The highest BCUT2D eigenvalue weighted by molar-refractivity contribution is 9.10. The van der Waals surface area contributed by atoms with Gasteiger partial charge in [0.1, 0.15) is 0 Å². The number of rotatable bonds is 7. The lowest BCUT2D eigenvalue weighted by molar-refractivity contribution is -0.119. The third kappa shape index (κ3) is 5.28. The Labute approximate surface area is 166 Å². The lowest BCUT2D eigenvalue weighted by atomic mass is 10.0. The molecule has 0 heterocycles. The third-order valence-corrected chi connectivity index (χ3v) is 4.53. The largest absolute Gasteiger partial charge is 0.376 e. The van der Waals surface area contributed by atoms with Crippen LogP contribution in [0.3, 0.4) is 0 Å². The van der Waals surface area contributed by atoms with Gasteiger partial charge in [-0.1, -0.05) is 76.6 Å². The Morgan fingerprint density at radius 2 is 1.52 bits per heavy atom. The number of benzene rings is 3. The molecule has 2 N–H and O–H groups in total. The Hall–Kier alpha value is -2.92. The lowest BCUT2D eigenvalue weighted by Gasteiger charge is -2.12. The zero-order chi connectivity index (χ0) is 19.1. The molecule has 0 aliphatic heterocycles. The van der Waals surface area contributed by atoms with E-state index in [1.54, 1.807) is 24.3 Å². The molecule has 0 fully saturated rings. The molecular weight excluding hydrogens is 404 g/mol. The van der Waals surface area contributed by atoms with Gasteiger partial charge in [0.05, 0.1) is 6.54 Å². The summed E-state index contributed by atoms with van der Waals surface area (Å²) in [5.41, 5.74) is 2.79. The van der Waals surface area contributed by atoms with Gasteiger partial charge < -0.3 is 10.6 Å². The molecule has 0 aromatic heterocycles. The Bertz CT molecular complexity index is 928. The molecule has 0 saturated heterocycles. The zero-order valence-corrected chi connectivity index (χ0v) is 16.2. The van der Waals surface area contributed by atoms with Crippen molar-refractivity contribution in [2.24, 2.45) is 0 Å². The minimum Gasteiger partial charge on any atom is -0.376 e. The van der Waals surface area contributed by atoms with Gasteiger partial charge in [-0.25, -0.2) is 0 Å². The van der Waals surface area contributed by atoms with Gasteiger partial charge in [-0.15, -0.1) is 0 Å². The molecule has 3 aromatic rings. The van der Waals surface area contributed by atoms with Crippen LogP contribution in [0.5, 0.6) is 0 Å². The van der Waals surface area contributed by atoms with E-state index in [9.17, 15) is 9.59 Å². The molecule has 3 rings (SSSR count). The van der Waals surface area contributed by atoms with Crippen LogP contribution in [-0.4, -0.2) is 18.2 Å². The minimum absolute atomic E-state index is 0.0868. The van der Waals surface area contributed by atoms with Gasteiger partial charge in [-0.2, -0.15) is 0 Å². The smallest absolute Gasteiger partial charge is 0.239 e. The van der Waals surface area contributed by atoms with Crippen molar-refractivity contribution in [1.82, 2.24) is 5.32 Å². The van der Waals surface area contributed by atoms with Crippen molar-refractivity contribution in [3.05, 3.63) is 100 Å². The van der Waals surface area contributed by atoms with E-state index in [-0.39, 0.29) is 18.2 Å². The van der Waals surface area contributed by atoms with Crippen LogP contribution in [0.4, 0.5) is 5.69 Å². The number of hydrogen-bond acceptors (Lipinski definition) is 3. The summed E-state index contributed by atoms with van der Waals surface area (Å²) in [6.07, 6.45) is 0. The molecule has 27 heavy (non-hydrogen) atoms. The fraction of sp³-hybridized carbons (Fsp3) is 0.0909. The van der Waals surface area contributed by atoms with E-state index in [2.05, 4.69) is 26.6 Å². The average molecular weight is 423 g/mol. The average Bonchev–Trinajstić information content (AvgIpc) is 2.72. The summed E-state index contributed by atoms with van der Waals surface area (Å²) in [7, 11) is 0. The van der Waals surface area contributed by atoms with Gasteiger partial charge >= 0.3 is 0 Å². The highest BCUT2D eigenvalue weighted by Gasteiger charge is 2.14. The maximum atomic E-state index is 12.8. The summed E-state index contributed by atoms with van der Waals surface area (Å²) in [5.74, 6) is -0.232. The Morgan fingerprint density at radius 1 is 0.852 bits per heavy atom. The molecule has 0 aliphatic rings. The number of carbonyl (C=O) groups is 2. The second-order valence-corrected chi connectivity index (χ2v) is 6.92.